The maximum atomic E-state index is 13.0. The van der Waals surface area contributed by atoms with Crippen molar-refractivity contribution >= 4 is 17.2 Å². The number of nitrogens with two attached hydrogens (primary N) is 1. The lowest BCUT2D eigenvalue weighted by atomic mass is 9.90. The van der Waals surface area contributed by atoms with Gasteiger partial charge in [-0.3, -0.25) is 4.79 Å². The third-order valence-electron chi connectivity index (χ3n) is 4.88. The standard InChI is InChI=1S/C19H24FN3OS/c1-13-3-2-8-23(17(13)11-21)19(24)10-16-12-25-18(22-16)9-14-4-6-15(20)7-5-14/h4-7,12-13,17H,2-3,8-11,21H2,1H3/t13-,17+/m0/s1. The summed E-state index contributed by atoms with van der Waals surface area (Å²) in [5, 5.41) is 2.89. The Labute approximate surface area is 151 Å². The number of halogens is 1. The summed E-state index contributed by atoms with van der Waals surface area (Å²) in [4.78, 5) is 19.2. The van der Waals surface area contributed by atoms with Gasteiger partial charge in [-0.1, -0.05) is 19.1 Å². The molecule has 1 amide bonds. The maximum Gasteiger partial charge on any atom is 0.228 e. The molecule has 0 aliphatic carbocycles. The molecule has 25 heavy (non-hydrogen) atoms. The third kappa shape index (κ3) is 4.44. The molecule has 3 rings (SSSR count). The fourth-order valence-corrected chi connectivity index (χ4v) is 4.29. The van der Waals surface area contributed by atoms with Gasteiger partial charge in [0.2, 0.25) is 5.91 Å². The van der Waals surface area contributed by atoms with Crippen LogP contribution in [0.25, 0.3) is 0 Å². The second-order valence-electron chi connectivity index (χ2n) is 6.72. The molecule has 2 heterocycles. The van der Waals surface area contributed by atoms with E-state index in [0.29, 0.717) is 25.3 Å². The van der Waals surface area contributed by atoms with E-state index in [4.69, 9.17) is 5.73 Å². The average Bonchev–Trinajstić information content (AvgIpc) is 3.03. The van der Waals surface area contributed by atoms with E-state index in [1.807, 2.05) is 10.3 Å². The molecule has 2 N–H and O–H groups in total. The van der Waals surface area contributed by atoms with Gasteiger partial charge in [0.25, 0.3) is 0 Å². The summed E-state index contributed by atoms with van der Waals surface area (Å²) in [7, 11) is 0. The quantitative estimate of drug-likeness (QED) is 0.891. The van der Waals surface area contributed by atoms with Crippen molar-refractivity contribution in [1.29, 1.82) is 0 Å². The highest BCUT2D eigenvalue weighted by molar-refractivity contribution is 7.09. The minimum atomic E-state index is -0.237. The number of carbonyl (C=O) groups excluding carboxylic acids is 1. The van der Waals surface area contributed by atoms with Crippen LogP contribution in [0.1, 0.15) is 36.0 Å². The van der Waals surface area contributed by atoms with Crippen LogP contribution in [0.15, 0.2) is 29.6 Å². The highest BCUT2D eigenvalue weighted by Crippen LogP contribution is 2.24. The van der Waals surface area contributed by atoms with Gasteiger partial charge >= 0.3 is 0 Å². The molecule has 0 saturated carbocycles. The molecule has 0 spiro atoms. The van der Waals surface area contributed by atoms with Gasteiger partial charge in [-0.2, -0.15) is 0 Å². The normalized spacial score (nSPS) is 20.7. The van der Waals surface area contributed by atoms with Crippen LogP contribution >= 0.6 is 11.3 Å². The molecular formula is C19H24FN3OS. The number of rotatable bonds is 5. The van der Waals surface area contributed by atoms with Crippen LogP contribution in [0.2, 0.25) is 0 Å². The number of aromatic nitrogens is 1. The number of nitrogens with zero attached hydrogens (tertiary/aromatic N) is 2. The van der Waals surface area contributed by atoms with Gasteiger partial charge in [-0.05, 0) is 36.5 Å². The minimum Gasteiger partial charge on any atom is -0.338 e. The molecule has 2 atom stereocenters. The first-order valence-corrected chi connectivity index (χ1v) is 9.62. The van der Waals surface area contributed by atoms with Crippen molar-refractivity contribution in [3.8, 4) is 0 Å². The zero-order valence-electron chi connectivity index (χ0n) is 14.5. The summed E-state index contributed by atoms with van der Waals surface area (Å²) in [5.41, 5.74) is 7.70. The summed E-state index contributed by atoms with van der Waals surface area (Å²) >= 11 is 1.54. The summed E-state index contributed by atoms with van der Waals surface area (Å²) in [6.07, 6.45) is 3.15. The van der Waals surface area contributed by atoms with Crippen molar-refractivity contribution in [2.24, 2.45) is 11.7 Å². The van der Waals surface area contributed by atoms with Gasteiger partial charge in [0.15, 0.2) is 0 Å². The molecule has 2 aromatic rings. The number of thiazole rings is 1. The topological polar surface area (TPSA) is 59.2 Å². The summed E-state index contributed by atoms with van der Waals surface area (Å²) in [6, 6.07) is 6.58. The fraction of sp³-hybridized carbons (Fsp3) is 0.474. The average molecular weight is 361 g/mol. The Hall–Kier alpha value is -1.79. The molecule has 1 aliphatic heterocycles. The van der Waals surface area contributed by atoms with Crippen molar-refractivity contribution in [2.75, 3.05) is 13.1 Å². The molecule has 1 aromatic heterocycles. The van der Waals surface area contributed by atoms with Gasteiger partial charge in [0.1, 0.15) is 5.82 Å². The van der Waals surface area contributed by atoms with E-state index in [1.54, 1.807) is 23.5 Å². The van der Waals surface area contributed by atoms with Crippen LogP contribution in [0.4, 0.5) is 4.39 Å². The number of piperidine rings is 1. The predicted octanol–water partition coefficient (Wildman–Crippen LogP) is 3.00. The minimum absolute atomic E-state index is 0.112. The summed E-state index contributed by atoms with van der Waals surface area (Å²) in [6.45, 7) is 3.47. The molecule has 0 unspecified atom stereocenters. The lowest BCUT2D eigenvalue weighted by Gasteiger charge is -2.39. The van der Waals surface area contributed by atoms with Crippen molar-refractivity contribution < 1.29 is 9.18 Å². The zero-order chi connectivity index (χ0) is 17.8. The Morgan fingerprint density at radius 3 is 2.88 bits per heavy atom. The molecule has 0 radical (unpaired) electrons. The molecule has 6 heteroatoms. The Bertz CT molecular complexity index is 716. The van der Waals surface area contributed by atoms with Gasteiger partial charge in [-0.25, -0.2) is 9.37 Å². The number of benzene rings is 1. The van der Waals surface area contributed by atoms with Crippen molar-refractivity contribution in [3.05, 3.63) is 51.7 Å². The smallest absolute Gasteiger partial charge is 0.228 e. The lowest BCUT2D eigenvalue weighted by Crippen LogP contribution is -2.51. The zero-order valence-corrected chi connectivity index (χ0v) is 15.3. The Kier molecular flexibility index (Phi) is 5.81. The highest BCUT2D eigenvalue weighted by atomic mass is 32.1. The third-order valence-corrected chi connectivity index (χ3v) is 5.78. The SMILES string of the molecule is C[C@H]1CCCN(C(=O)Cc2csc(Cc3ccc(F)cc3)n2)[C@@H]1CN. The first kappa shape index (κ1) is 18.0. The second-order valence-corrected chi connectivity index (χ2v) is 7.66. The van der Waals surface area contributed by atoms with Gasteiger partial charge in [0, 0.05) is 30.9 Å². The molecule has 1 aliphatic rings. The van der Waals surface area contributed by atoms with E-state index >= 15 is 0 Å². The van der Waals surface area contributed by atoms with E-state index in [0.717, 1.165) is 35.7 Å². The second kappa shape index (κ2) is 8.06. The van der Waals surface area contributed by atoms with Crippen LogP contribution in [0.5, 0.6) is 0 Å². The molecule has 1 saturated heterocycles. The van der Waals surface area contributed by atoms with Crippen LogP contribution in [-0.4, -0.2) is 34.9 Å². The van der Waals surface area contributed by atoms with Crippen LogP contribution in [-0.2, 0) is 17.6 Å². The van der Waals surface area contributed by atoms with Crippen molar-refractivity contribution in [3.63, 3.8) is 0 Å². The molecule has 1 fully saturated rings. The number of carbonyl (C=O) groups is 1. The fourth-order valence-electron chi connectivity index (χ4n) is 3.46. The molecule has 1 aromatic carbocycles. The van der Waals surface area contributed by atoms with Gasteiger partial charge in [-0.15, -0.1) is 11.3 Å². The van der Waals surface area contributed by atoms with E-state index in [2.05, 4.69) is 11.9 Å². The highest BCUT2D eigenvalue weighted by Gasteiger charge is 2.30. The summed E-state index contributed by atoms with van der Waals surface area (Å²) < 4.78 is 13.0. The van der Waals surface area contributed by atoms with Gasteiger partial charge in [0.05, 0.1) is 17.1 Å². The van der Waals surface area contributed by atoms with E-state index in [1.165, 1.54) is 12.1 Å². The number of amides is 1. The van der Waals surface area contributed by atoms with Crippen LogP contribution in [0.3, 0.4) is 0 Å². The van der Waals surface area contributed by atoms with Crippen molar-refractivity contribution in [1.82, 2.24) is 9.88 Å². The molecular weight excluding hydrogens is 337 g/mol. The predicted molar refractivity (Wildman–Crippen MR) is 98.0 cm³/mol. The first-order valence-electron chi connectivity index (χ1n) is 8.74. The van der Waals surface area contributed by atoms with Gasteiger partial charge < -0.3 is 10.6 Å². The van der Waals surface area contributed by atoms with Crippen LogP contribution < -0.4 is 5.73 Å². The Balaban J connectivity index is 1.62. The molecule has 4 nitrogen and oxygen atoms in total. The van der Waals surface area contributed by atoms with E-state index in [9.17, 15) is 9.18 Å². The Morgan fingerprint density at radius 1 is 1.40 bits per heavy atom. The molecule has 0 bridgehead atoms. The van der Waals surface area contributed by atoms with Crippen molar-refractivity contribution in [2.45, 2.75) is 38.6 Å². The number of hydrogen-bond donors (Lipinski definition) is 1. The van der Waals surface area contributed by atoms with Crippen LogP contribution in [0, 0.1) is 11.7 Å². The lowest BCUT2D eigenvalue weighted by molar-refractivity contribution is -0.135. The van der Waals surface area contributed by atoms with E-state index in [-0.39, 0.29) is 17.8 Å². The molecule has 134 valence electrons. The first-order chi connectivity index (χ1) is 12.1. The van der Waals surface area contributed by atoms with E-state index < -0.39 is 0 Å². The monoisotopic (exact) mass is 361 g/mol. The number of hydrogen-bond acceptors (Lipinski definition) is 4. The summed E-state index contributed by atoms with van der Waals surface area (Å²) in [5.74, 6) is 0.326. The Morgan fingerprint density at radius 2 is 2.16 bits per heavy atom. The number of likely N-dealkylation sites (tertiary alicyclic amines) is 1. The largest absolute Gasteiger partial charge is 0.338 e. The maximum absolute atomic E-state index is 13.0.